The molecule has 1 aromatic rings. The summed E-state index contributed by atoms with van der Waals surface area (Å²) in [6.07, 6.45) is 5.18. The second-order valence-corrected chi connectivity index (χ2v) is 7.37. The van der Waals surface area contributed by atoms with E-state index < -0.39 is 10.0 Å². The van der Waals surface area contributed by atoms with Gasteiger partial charge in [-0.3, -0.25) is 0 Å². The lowest BCUT2D eigenvalue weighted by Gasteiger charge is -2.21. The van der Waals surface area contributed by atoms with Crippen LogP contribution in [0.25, 0.3) is 0 Å². The van der Waals surface area contributed by atoms with Crippen LogP contribution in [0.3, 0.4) is 0 Å². The van der Waals surface area contributed by atoms with Crippen molar-refractivity contribution in [2.24, 2.45) is 17.8 Å². The molecule has 0 radical (unpaired) electrons. The van der Waals surface area contributed by atoms with E-state index in [2.05, 4.69) is 4.72 Å². The zero-order valence-corrected chi connectivity index (χ0v) is 11.2. The van der Waals surface area contributed by atoms with Gasteiger partial charge < -0.3 is 0 Å². The predicted molar refractivity (Wildman–Crippen MR) is 70.6 cm³/mol. The van der Waals surface area contributed by atoms with E-state index in [1.54, 1.807) is 24.3 Å². The molecule has 1 N–H and O–H groups in total. The van der Waals surface area contributed by atoms with Gasteiger partial charge in [0.1, 0.15) is 0 Å². The Labute approximate surface area is 109 Å². The Kier molecular flexibility index (Phi) is 3.16. The molecule has 2 fully saturated rings. The van der Waals surface area contributed by atoms with Crippen LogP contribution in [0.2, 0.25) is 0 Å². The summed E-state index contributed by atoms with van der Waals surface area (Å²) < 4.78 is 26.9. The van der Waals surface area contributed by atoms with Crippen molar-refractivity contribution >= 4 is 10.0 Å². The van der Waals surface area contributed by atoms with Crippen molar-refractivity contribution in [2.75, 3.05) is 6.54 Å². The number of benzene rings is 1. The quantitative estimate of drug-likeness (QED) is 0.908. The second-order valence-electron chi connectivity index (χ2n) is 5.60. The molecule has 98 valence electrons. The molecule has 3 nitrogen and oxygen atoms in total. The molecule has 0 aromatic heterocycles. The Morgan fingerprint density at radius 3 is 2.50 bits per heavy atom. The predicted octanol–water partition coefficient (Wildman–Crippen LogP) is 2.40. The Balaban J connectivity index is 1.63. The zero-order valence-electron chi connectivity index (χ0n) is 10.4. The maximum atomic E-state index is 12.1. The number of sulfonamides is 1. The van der Waals surface area contributed by atoms with Crippen LogP contribution >= 0.6 is 0 Å². The van der Waals surface area contributed by atoms with Gasteiger partial charge in [-0.15, -0.1) is 0 Å². The van der Waals surface area contributed by atoms with Crippen LogP contribution < -0.4 is 4.72 Å². The molecule has 4 heteroatoms. The van der Waals surface area contributed by atoms with Gasteiger partial charge in [-0.1, -0.05) is 24.6 Å². The molecule has 3 rings (SSSR count). The zero-order chi connectivity index (χ0) is 12.6. The Hall–Kier alpha value is -0.870. The monoisotopic (exact) mass is 265 g/mol. The van der Waals surface area contributed by atoms with E-state index >= 15 is 0 Å². The lowest BCUT2D eigenvalue weighted by molar-refractivity contribution is 0.333. The summed E-state index contributed by atoms with van der Waals surface area (Å²) in [6, 6.07) is 8.62. The van der Waals surface area contributed by atoms with Crippen LogP contribution in [0.5, 0.6) is 0 Å². The molecule has 1 aromatic carbocycles. The van der Waals surface area contributed by atoms with Crippen LogP contribution in [0, 0.1) is 17.8 Å². The highest BCUT2D eigenvalue weighted by Gasteiger charge is 2.39. The van der Waals surface area contributed by atoms with Crippen molar-refractivity contribution < 1.29 is 8.42 Å². The third-order valence-electron chi connectivity index (χ3n) is 4.47. The maximum absolute atomic E-state index is 12.1. The van der Waals surface area contributed by atoms with Crippen LogP contribution in [0.4, 0.5) is 0 Å². The highest BCUT2D eigenvalue weighted by atomic mass is 32.2. The van der Waals surface area contributed by atoms with Gasteiger partial charge in [0.05, 0.1) is 4.90 Å². The van der Waals surface area contributed by atoms with Gasteiger partial charge >= 0.3 is 0 Å². The van der Waals surface area contributed by atoms with E-state index in [4.69, 9.17) is 0 Å². The molecule has 0 aliphatic heterocycles. The number of fused-ring (bicyclic) bond motifs is 2. The van der Waals surface area contributed by atoms with Crippen molar-refractivity contribution in [3.05, 3.63) is 30.3 Å². The number of hydrogen-bond acceptors (Lipinski definition) is 2. The number of hydrogen-bond donors (Lipinski definition) is 1. The molecule has 18 heavy (non-hydrogen) atoms. The molecule has 2 bridgehead atoms. The van der Waals surface area contributed by atoms with E-state index in [1.807, 2.05) is 6.07 Å². The summed E-state index contributed by atoms with van der Waals surface area (Å²) in [7, 11) is -3.31. The highest BCUT2D eigenvalue weighted by Crippen LogP contribution is 2.48. The third-order valence-corrected chi connectivity index (χ3v) is 5.91. The fourth-order valence-corrected chi connectivity index (χ4v) is 4.64. The van der Waals surface area contributed by atoms with Gasteiger partial charge in [0.25, 0.3) is 0 Å². The summed E-state index contributed by atoms with van der Waals surface area (Å²) >= 11 is 0. The largest absolute Gasteiger partial charge is 0.240 e. The van der Waals surface area contributed by atoms with E-state index in [9.17, 15) is 8.42 Å². The van der Waals surface area contributed by atoms with E-state index in [-0.39, 0.29) is 0 Å². The molecule has 2 aliphatic rings. The minimum absolute atomic E-state index is 0.369. The molecule has 2 saturated carbocycles. The standard InChI is InChI=1S/C14H19NO2S/c16-18(17,14-4-2-1-3-5-14)15-10-13-9-11-6-7-12(13)8-11/h1-5,11-13,15H,6-10H2/t11-,12-,13+/m0/s1. The van der Waals surface area contributed by atoms with Crippen molar-refractivity contribution in [3.63, 3.8) is 0 Å². The molecule has 0 unspecified atom stereocenters. The second kappa shape index (κ2) is 4.67. The molecule has 0 heterocycles. The van der Waals surface area contributed by atoms with Crippen LogP contribution in [-0.2, 0) is 10.0 Å². The van der Waals surface area contributed by atoms with Crippen molar-refractivity contribution in [2.45, 2.75) is 30.6 Å². The van der Waals surface area contributed by atoms with E-state index in [0.717, 1.165) is 11.8 Å². The van der Waals surface area contributed by atoms with Gasteiger partial charge in [-0.2, -0.15) is 0 Å². The average molecular weight is 265 g/mol. The molecule has 3 atom stereocenters. The lowest BCUT2D eigenvalue weighted by Crippen LogP contribution is -2.31. The summed E-state index contributed by atoms with van der Waals surface area (Å²) in [4.78, 5) is 0.369. The first kappa shape index (κ1) is 12.2. The number of rotatable bonds is 4. The van der Waals surface area contributed by atoms with Gasteiger partial charge in [0, 0.05) is 6.54 Å². The molecule has 0 spiro atoms. The smallest absolute Gasteiger partial charge is 0.211 e. The summed E-state index contributed by atoms with van der Waals surface area (Å²) in [5, 5.41) is 0. The fourth-order valence-electron chi connectivity index (χ4n) is 3.53. The first-order valence-corrected chi connectivity index (χ1v) is 8.18. The molecule has 0 amide bonds. The Bertz CT molecular complexity index is 512. The minimum Gasteiger partial charge on any atom is -0.211 e. The van der Waals surface area contributed by atoms with Gasteiger partial charge in [-0.25, -0.2) is 13.1 Å². The normalized spacial score (nSPS) is 30.8. The summed E-state index contributed by atoms with van der Waals surface area (Å²) in [5.41, 5.74) is 0. The molecular weight excluding hydrogens is 246 g/mol. The SMILES string of the molecule is O=S(=O)(NC[C@H]1C[C@H]2CC[C@H]1C2)c1ccccc1. The third kappa shape index (κ3) is 2.31. The Morgan fingerprint density at radius 2 is 1.89 bits per heavy atom. The lowest BCUT2D eigenvalue weighted by atomic mass is 9.89. The molecule has 0 saturated heterocycles. The molecular formula is C14H19NO2S. The van der Waals surface area contributed by atoms with E-state index in [1.165, 1.54) is 25.7 Å². The first-order valence-electron chi connectivity index (χ1n) is 6.70. The van der Waals surface area contributed by atoms with Gasteiger partial charge in [0.2, 0.25) is 10.0 Å². The maximum Gasteiger partial charge on any atom is 0.240 e. The van der Waals surface area contributed by atoms with Crippen LogP contribution in [0.1, 0.15) is 25.7 Å². The van der Waals surface area contributed by atoms with Crippen molar-refractivity contribution in [1.82, 2.24) is 4.72 Å². The topological polar surface area (TPSA) is 46.2 Å². The van der Waals surface area contributed by atoms with Crippen LogP contribution in [0.15, 0.2) is 35.2 Å². The summed E-state index contributed by atoms with van der Waals surface area (Å²) in [6.45, 7) is 0.610. The highest BCUT2D eigenvalue weighted by molar-refractivity contribution is 7.89. The summed E-state index contributed by atoms with van der Waals surface area (Å²) in [5.74, 6) is 2.18. The van der Waals surface area contributed by atoms with Crippen molar-refractivity contribution in [1.29, 1.82) is 0 Å². The average Bonchev–Trinajstić information content (AvgIpc) is 3.00. The minimum atomic E-state index is -3.31. The molecule has 2 aliphatic carbocycles. The fraction of sp³-hybridized carbons (Fsp3) is 0.571. The first-order chi connectivity index (χ1) is 8.65. The van der Waals surface area contributed by atoms with E-state index in [0.29, 0.717) is 17.4 Å². The van der Waals surface area contributed by atoms with Gasteiger partial charge in [0.15, 0.2) is 0 Å². The van der Waals surface area contributed by atoms with Gasteiger partial charge in [-0.05, 0) is 49.1 Å². The number of nitrogens with one attached hydrogen (secondary N) is 1. The van der Waals surface area contributed by atoms with Crippen molar-refractivity contribution in [3.8, 4) is 0 Å². The van der Waals surface area contributed by atoms with Crippen LogP contribution in [-0.4, -0.2) is 15.0 Å². The Morgan fingerprint density at radius 1 is 1.11 bits per heavy atom.